The largest absolute Gasteiger partial charge is 0.310 e. The zero-order valence-corrected chi connectivity index (χ0v) is 13.9. The highest BCUT2D eigenvalue weighted by molar-refractivity contribution is 7.73. The van der Waals surface area contributed by atoms with E-state index in [0.29, 0.717) is 6.04 Å². The standard InChI is InChI=1S/C14H17N3S3/c1-9-15-17(14(18)20-9)8-16-6-4-12-11(5-7-19-12)13(16)10-2-3-10/h5,7,10,13H,2-4,6,8H2,1H3/p+1/t13-/m1/s1. The van der Waals surface area contributed by atoms with Crippen molar-refractivity contribution in [2.24, 2.45) is 5.92 Å². The van der Waals surface area contributed by atoms with Crippen LogP contribution in [0.25, 0.3) is 0 Å². The molecule has 3 heterocycles. The van der Waals surface area contributed by atoms with Crippen LogP contribution < -0.4 is 4.90 Å². The van der Waals surface area contributed by atoms with Gasteiger partial charge in [-0.15, -0.1) is 11.3 Å². The lowest BCUT2D eigenvalue weighted by molar-refractivity contribution is -0.958. The van der Waals surface area contributed by atoms with Crippen LogP contribution in [0, 0.1) is 16.8 Å². The lowest BCUT2D eigenvalue weighted by Crippen LogP contribution is -3.13. The molecular weight excluding hydrogens is 306 g/mol. The summed E-state index contributed by atoms with van der Waals surface area (Å²) in [7, 11) is 0. The Labute approximate surface area is 131 Å². The van der Waals surface area contributed by atoms with Crippen molar-refractivity contribution in [3.8, 4) is 0 Å². The van der Waals surface area contributed by atoms with Crippen molar-refractivity contribution >= 4 is 34.9 Å². The summed E-state index contributed by atoms with van der Waals surface area (Å²) >= 11 is 8.99. The molecule has 6 heteroatoms. The molecule has 1 N–H and O–H groups in total. The molecule has 0 spiro atoms. The molecule has 0 bridgehead atoms. The Hall–Kier alpha value is -0.560. The van der Waals surface area contributed by atoms with E-state index in [1.165, 1.54) is 25.8 Å². The first-order valence-electron chi connectivity index (χ1n) is 7.18. The molecule has 0 saturated heterocycles. The van der Waals surface area contributed by atoms with Crippen LogP contribution in [0.5, 0.6) is 0 Å². The fourth-order valence-electron chi connectivity index (χ4n) is 3.38. The van der Waals surface area contributed by atoms with Crippen molar-refractivity contribution in [1.82, 2.24) is 9.78 Å². The lowest BCUT2D eigenvalue weighted by Gasteiger charge is -2.32. The molecule has 2 aliphatic rings. The second kappa shape index (κ2) is 5.02. The summed E-state index contributed by atoms with van der Waals surface area (Å²) in [6, 6.07) is 3.03. The van der Waals surface area contributed by atoms with Crippen LogP contribution in [-0.4, -0.2) is 16.3 Å². The molecule has 1 aliphatic heterocycles. The van der Waals surface area contributed by atoms with Crippen LogP contribution in [0.1, 0.15) is 34.3 Å². The summed E-state index contributed by atoms with van der Waals surface area (Å²) in [5, 5.41) is 7.92. The molecule has 1 aliphatic carbocycles. The third kappa shape index (κ3) is 2.28. The van der Waals surface area contributed by atoms with Gasteiger partial charge in [0.25, 0.3) is 0 Å². The Morgan fingerprint density at radius 3 is 3.05 bits per heavy atom. The van der Waals surface area contributed by atoms with E-state index < -0.39 is 0 Å². The molecule has 0 amide bonds. The minimum atomic E-state index is 0.675. The molecule has 1 fully saturated rings. The van der Waals surface area contributed by atoms with Gasteiger partial charge in [-0.25, -0.2) is 0 Å². The van der Waals surface area contributed by atoms with Gasteiger partial charge in [0.05, 0.1) is 6.54 Å². The number of quaternary nitrogens is 1. The van der Waals surface area contributed by atoms with Crippen LogP contribution in [0.4, 0.5) is 0 Å². The maximum absolute atomic E-state index is 5.43. The molecular formula is C14H18N3S3+. The summed E-state index contributed by atoms with van der Waals surface area (Å²) < 4.78 is 2.96. The molecule has 0 radical (unpaired) electrons. The Morgan fingerprint density at radius 1 is 1.50 bits per heavy atom. The first-order valence-corrected chi connectivity index (χ1v) is 9.28. The number of nitrogens with one attached hydrogen (secondary N) is 1. The quantitative estimate of drug-likeness (QED) is 0.877. The van der Waals surface area contributed by atoms with Gasteiger partial charge >= 0.3 is 0 Å². The first-order chi connectivity index (χ1) is 9.72. The molecule has 20 heavy (non-hydrogen) atoms. The fraction of sp³-hybridized carbons (Fsp3) is 0.571. The number of aromatic nitrogens is 2. The molecule has 106 valence electrons. The molecule has 1 unspecified atom stereocenters. The minimum absolute atomic E-state index is 0.675. The van der Waals surface area contributed by atoms with E-state index in [0.717, 1.165) is 21.5 Å². The van der Waals surface area contributed by atoms with Crippen molar-refractivity contribution in [2.75, 3.05) is 6.54 Å². The third-order valence-electron chi connectivity index (χ3n) is 4.38. The van der Waals surface area contributed by atoms with Gasteiger partial charge in [-0.05, 0) is 43.4 Å². The van der Waals surface area contributed by atoms with Gasteiger partial charge < -0.3 is 4.90 Å². The van der Waals surface area contributed by atoms with E-state index in [4.69, 9.17) is 12.2 Å². The van der Waals surface area contributed by atoms with Crippen LogP contribution in [0.3, 0.4) is 0 Å². The zero-order valence-electron chi connectivity index (χ0n) is 11.5. The average Bonchev–Trinajstić information content (AvgIpc) is 3.05. The third-order valence-corrected chi connectivity index (χ3v) is 6.60. The van der Waals surface area contributed by atoms with Gasteiger partial charge in [-0.1, -0.05) is 11.3 Å². The molecule has 2 aromatic heterocycles. The van der Waals surface area contributed by atoms with Gasteiger partial charge in [-0.2, -0.15) is 9.78 Å². The minimum Gasteiger partial charge on any atom is -0.310 e. The maximum atomic E-state index is 5.43. The fourth-order valence-corrected chi connectivity index (χ4v) is 5.38. The topological polar surface area (TPSA) is 22.3 Å². The van der Waals surface area contributed by atoms with Crippen LogP contribution >= 0.6 is 34.9 Å². The second-order valence-corrected chi connectivity index (χ2v) is 8.64. The summed E-state index contributed by atoms with van der Waals surface area (Å²) in [4.78, 5) is 3.27. The summed E-state index contributed by atoms with van der Waals surface area (Å²) in [6.45, 7) is 4.19. The molecule has 3 nitrogen and oxygen atoms in total. The summed E-state index contributed by atoms with van der Waals surface area (Å²) in [5.74, 6) is 0.882. The zero-order chi connectivity index (χ0) is 13.7. The van der Waals surface area contributed by atoms with E-state index in [1.54, 1.807) is 26.7 Å². The Balaban J connectivity index is 1.64. The number of hydrogen-bond donors (Lipinski definition) is 1. The number of hydrogen-bond acceptors (Lipinski definition) is 4. The van der Waals surface area contributed by atoms with Gasteiger partial charge in [0.15, 0.2) is 10.6 Å². The number of rotatable bonds is 3. The number of fused-ring (bicyclic) bond motifs is 1. The second-order valence-electron chi connectivity index (χ2n) is 5.82. The Morgan fingerprint density at radius 2 is 2.35 bits per heavy atom. The van der Waals surface area contributed by atoms with Crippen molar-refractivity contribution in [3.05, 3.63) is 30.8 Å². The number of nitrogens with zero attached hydrogens (tertiary/aromatic N) is 2. The predicted octanol–water partition coefficient (Wildman–Crippen LogP) is 2.59. The van der Waals surface area contributed by atoms with E-state index in [2.05, 4.69) is 16.5 Å². The number of aryl methyl sites for hydroxylation is 1. The van der Waals surface area contributed by atoms with Gasteiger partial charge in [-0.3, -0.25) is 0 Å². The summed E-state index contributed by atoms with van der Waals surface area (Å²) in [6.07, 6.45) is 4.00. The molecule has 1 saturated carbocycles. The van der Waals surface area contributed by atoms with Crippen LogP contribution in [0.15, 0.2) is 11.4 Å². The van der Waals surface area contributed by atoms with Crippen molar-refractivity contribution in [3.63, 3.8) is 0 Å². The molecule has 4 rings (SSSR count). The van der Waals surface area contributed by atoms with E-state index >= 15 is 0 Å². The van der Waals surface area contributed by atoms with Gasteiger partial charge in [0.1, 0.15) is 11.0 Å². The smallest absolute Gasteiger partial charge is 0.184 e. The van der Waals surface area contributed by atoms with Crippen LogP contribution in [0.2, 0.25) is 0 Å². The van der Waals surface area contributed by atoms with E-state index in [9.17, 15) is 0 Å². The average molecular weight is 325 g/mol. The Bertz CT molecular complexity index is 680. The van der Waals surface area contributed by atoms with Crippen molar-refractivity contribution in [2.45, 2.75) is 38.9 Å². The van der Waals surface area contributed by atoms with Crippen LogP contribution in [-0.2, 0) is 13.1 Å². The van der Waals surface area contributed by atoms with E-state index in [-0.39, 0.29) is 0 Å². The van der Waals surface area contributed by atoms with Crippen molar-refractivity contribution < 1.29 is 4.90 Å². The van der Waals surface area contributed by atoms with E-state index in [1.807, 2.05) is 22.9 Å². The molecule has 2 aromatic rings. The summed E-state index contributed by atoms with van der Waals surface area (Å²) in [5.41, 5.74) is 1.61. The molecule has 0 aromatic carbocycles. The SMILES string of the molecule is Cc1nn(C[NH+]2CCc3sccc3[C@H]2C2CC2)c(=S)s1. The van der Waals surface area contributed by atoms with Gasteiger partial charge in [0.2, 0.25) is 0 Å². The Kier molecular flexibility index (Phi) is 3.29. The monoisotopic (exact) mass is 324 g/mol. The maximum Gasteiger partial charge on any atom is 0.184 e. The molecule has 2 atom stereocenters. The number of thiophene rings is 1. The van der Waals surface area contributed by atoms with Crippen molar-refractivity contribution in [1.29, 1.82) is 0 Å². The highest BCUT2D eigenvalue weighted by atomic mass is 32.1. The highest BCUT2D eigenvalue weighted by Gasteiger charge is 2.43. The first kappa shape index (κ1) is 13.1. The lowest BCUT2D eigenvalue weighted by atomic mass is 9.96. The van der Waals surface area contributed by atoms with Gasteiger partial charge in [0, 0.05) is 22.8 Å². The predicted molar refractivity (Wildman–Crippen MR) is 85.0 cm³/mol. The highest BCUT2D eigenvalue weighted by Crippen LogP contribution is 2.42. The normalized spacial score (nSPS) is 25.6.